The van der Waals surface area contributed by atoms with Gasteiger partial charge in [0.2, 0.25) is 0 Å². The lowest BCUT2D eigenvalue weighted by molar-refractivity contribution is 0.0396. The van der Waals surface area contributed by atoms with E-state index in [9.17, 15) is 0 Å². The summed E-state index contributed by atoms with van der Waals surface area (Å²) in [6, 6.07) is 8.77. The maximum Gasteiger partial charge on any atom is 0.191 e. The first-order chi connectivity index (χ1) is 15.2. The van der Waals surface area contributed by atoms with Crippen molar-refractivity contribution in [2.24, 2.45) is 4.99 Å². The molecule has 6 nitrogen and oxygen atoms in total. The highest BCUT2D eigenvalue weighted by molar-refractivity contribution is 14.0. The predicted molar refractivity (Wildman–Crippen MR) is 143 cm³/mol. The average Bonchev–Trinajstić information content (AvgIpc) is 3.25. The Balaban J connectivity index is 0.00000289. The third-order valence-corrected chi connectivity index (χ3v) is 7.35. The number of hydrogen-bond acceptors (Lipinski definition) is 4. The number of para-hydroxylation sites is 1. The van der Waals surface area contributed by atoms with Crippen molar-refractivity contribution >= 4 is 29.9 Å². The van der Waals surface area contributed by atoms with Crippen LogP contribution in [0.25, 0.3) is 0 Å². The minimum atomic E-state index is 0. The van der Waals surface area contributed by atoms with Gasteiger partial charge in [0.05, 0.1) is 6.04 Å². The van der Waals surface area contributed by atoms with Gasteiger partial charge < -0.3 is 25.2 Å². The lowest BCUT2D eigenvalue weighted by Gasteiger charge is -2.40. The van der Waals surface area contributed by atoms with Crippen LogP contribution in [-0.4, -0.2) is 74.2 Å². The van der Waals surface area contributed by atoms with E-state index < -0.39 is 0 Å². The van der Waals surface area contributed by atoms with Gasteiger partial charge in [0.15, 0.2) is 5.96 Å². The molecule has 2 N–H and O–H groups in total. The van der Waals surface area contributed by atoms with Crippen LogP contribution in [0.15, 0.2) is 29.3 Å². The Hall–Kier alpha value is -1.06. The summed E-state index contributed by atoms with van der Waals surface area (Å²) in [5, 5.41) is 7.26. The molecule has 3 aliphatic rings. The van der Waals surface area contributed by atoms with Crippen molar-refractivity contribution in [2.45, 2.75) is 63.5 Å². The smallest absolute Gasteiger partial charge is 0.191 e. The Morgan fingerprint density at radius 3 is 2.53 bits per heavy atom. The van der Waals surface area contributed by atoms with Gasteiger partial charge >= 0.3 is 0 Å². The zero-order valence-corrected chi connectivity index (χ0v) is 22.3. The standard InChI is InChI=1S/C25H41N5O.HI/c1-3-29-16-18-30(19-17-29)15-9-8-14-27-24(26-2)28-22-20-25(12-6-7-13-25)31-23-11-5-4-10-21(22)23;/h4-5,10-11,22H,3,6-9,12-20H2,1-2H3,(H2,26,27,28);1H. The molecule has 2 fully saturated rings. The molecule has 180 valence electrons. The fraction of sp³-hybridized carbons (Fsp3) is 0.720. The summed E-state index contributed by atoms with van der Waals surface area (Å²) in [4.78, 5) is 9.66. The number of benzene rings is 1. The summed E-state index contributed by atoms with van der Waals surface area (Å²) in [6.07, 6.45) is 8.30. The average molecular weight is 556 g/mol. The Kier molecular flexibility index (Phi) is 9.92. The summed E-state index contributed by atoms with van der Waals surface area (Å²) >= 11 is 0. The van der Waals surface area contributed by atoms with Gasteiger partial charge in [-0.05, 0) is 57.7 Å². The number of hydrogen-bond donors (Lipinski definition) is 2. The fourth-order valence-corrected chi connectivity index (χ4v) is 5.43. The molecule has 0 bridgehead atoms. The summed E-state index contributed by atoms with van der Waals surface area (Å²) in [5.41, 5.74) is 1.27. The second kappa shape index (κ2) is 12.4. The molecule has 1 aliphatic carbocycles. The molecule has 0 amide bonds. The highest BCUT2D eigenvalue weighted by Crippen LogP contribution is 2.46. The quantitative estimate of drug-likeness (QED) is 0.231. The summed E-state index contributed by atoms with van der Waals surface area (Å²) < 4.78 is 6.50. The zero-order chi connectivity index (χ0) is 21.5. The molecule has 1 spiro atoms. The summed E-state index contributed by atoms with van der Waals surface area (Å²) in [6.45, 7) is 10.5. The van der Waals surface area contributed by atoms with E-state index in [1.54, 1.807) is 0 Å². The van der Waals surface area contributed by atoms with E-state index in [2.05, 4.69) is 56.6 Å². The molecule has 2 heterocycles. The highest BCUT2D eigenvalue weighted by Gasteiger charge is 2.43. The molecule has 2 aliphatic heterocycles. The van der Waals surface area contributed by atoms with Crippen LogP contribution >= 0.6 is 24.0 Å². The van der Waals surface area contributed by atoms with Gasteiger partial charge in [-0.1, -0.05) is 25.1 Å². The largest absolute Gasteiger partial charge is 0.487 e. The fourth-order valence-electron chi connectivity index (χ4n) is 5.43. The Labute approximate surface area is 211 Å². The summed E-state index contributed by atoms with van der Waals surface area (Å²) in [5.74, 6) is 1.96. The third-order valence-electron chi connectivity index (χ3n) is 7.35. The molecule has 7 heteroatoms. The molecule has 0 radical (unpaired) electrons. The molecule has 32 heavy (non-hydrogen) atoms. The molecule has 1 atom stereocenters. The van der Waals surface area contributed by atoms with Crippen molar-refractivity contribution in [1.82, 2.24) is 20.4 Å². The Bertz CT molecular complexity index is 729. The van der Waals surface area contributed by atoms with Gasteiger partial charge in [-0.15, -0.1) is 24.0 Å². The minimum Gasteiger partial charge on any atom is -0.487 e. The molecule has 1 unspecified atom stereocenters. The number of ether oxygens (including phenoxy) is 1. The second-order valence-electron chi connectivity index (χ2n) is 9.41. The van der Waals surface area contributed by atoms with Gasteiger partial charge in [0, 0.05) is 51.8 Å². The predicted octanol–water partition coefficient (Wildman–Crippen LogP) is 4.02. The number of nitrogens with zero attached hydrogens (tertiary/aromatic N) is 3. The lowest BCUT2D eigenvalue weighted by atomic mass is 9.86. The maximum absolute atomic E-state index is 6.50. The number of halogens is 1. The number of guanidine groups is 1. The molecule has 0 aromatic heterocycles. The van der Waals surface area contributed by atoms with E-state index in [-0.39, 0.29) is 35.6 Å². The molecular formula is C25H42IN5O. The van der Waals surface area contributed by atoms with Gasteiger partial charge in [-0.3, -0.25) is 4.99 Å². The van der Waals surface area contributed by atoms with Crippen LogP contribution in [0.2, 0.25) is 0 Å². The molecule has 1 aromatic rings. The number of rotatable bonds is 7. The van der Waals surface area contributed by atoms with E-state index in [0.29, 0.717) is 0 Å². The zero-order valence-electron chi connectivity index (χ0n) is 19.9. The van der Waals surface area contributed by atoms with E-state index in [1.807, 2.05) is 7.05 Å². The van der Waals surface area contributed by atoms with Crippen molar-refractivity contribution in [3.8, 4) is 5.75 Å². The number of aliphatic imine (C=N–C) groups is 1. The van der Waals surface area contributed by atoms with Crippen LogP contribution in [-0.2, 0) is 0 Å². The number of fused-ring (bicyclic) bond motifs is 1. The van der Waals surface area contributed by atoms with Crippen molar-refractivity contribution in [3.05, 3.63) is 29.8 Å². The number of nitrogens with one attached hydrogen (secondary N) is 2. The molecular weight excluding hydrogens is 513 g/mol. The topological polar surface area (TPSA) is 52.1 Å². The molecule has 1 aromatic carbocycles. The lowest BCUT2D eigenvalue weighted by Crippen LogP contribution is -2.47. The first kappa shape index (κ1) is 25.6. The van der Waals surface area contributed by atoms with Gasteiger partial charge in [-0.25, -0.2) is 0 Å². The van der Waals surface area contributed by atoms with Crippen LogP contribution in [0.3, 0.4) is 0 Å². The van der Waals surface area contributed by atoms with Crippen molar-refractivity contribution in [2.75, 3.05) is 52.9 Å². The van der Waals surface area contributed by atoms with Crippen LogP contribution in [0, 0.1) is 0 Å². The Morgan fingerprint density at radius 2 is 1.81 bits per heavy atom. The van der Waals surface area contributed by atoms with E-state index >= 15 is 0 Å². The molecule has 1 saturated heterocycles. The first-order valence-corrected chi connectivity index (χ1v) is 12.4. The third kappa shape index (κ3) is 6.50. The van der Waals surface area contributed by atoms with Crippen molar-refractivity contribution < 1.29 is 4.74 Å². The molecule has 4 rings (SSSR count). The number of piperazine rings is 1. The van der Waals surface area contributed by atoms with E-state index in [0.717, 1.165) is 37.5 Å². The highest BCUT2D eigenvalue weighted by atomic mass is 127. The number of unbranched alkanes of at least 4 members (excludes halogenated alkanes) is 1. The number of likely N-dealkylation sites (N-methyl/N-ethyl adjacent to an activating group) is 1. The SMILES string of the molecule is CCN1CCN(CCCCNC(=NC)NC2CC3(CCCC3)Oc3ccccc32)CC1.I. The maximum atomic E-state index is 6.50. The normalized spacial score (nSPS) is 23.3. The monoisotopic (exact) mass is 555 g/mol. The summed E-state index contributed by atoms with van der Waals surface area (Å²) in [7, 11) is 1.87. The van der Waals surface area contributed by atoms with Gasteiger partial charge in [0.25, 0.3) is 0 Å². The van der Waals surface area contributed by atoms with Crippen LogP contribution in [0.4, 0.5) is 0 Å². The first-order valence-electron chi connectivity index (χ1n) is 12.4. The minimum absolute atomic E-state index is 0. The Morgan fingerprint density at radius 1 is 1.09 bits per heavy atom. The van der Waals surface area contributed by atoms with Crippen LogP contribution in [0.5, 0.6) is 5.75 Å². The van der Waals surface area contributed by atoms with Gasteiger partial charge in [-0.2, -0.15) is 0 Å². The van der Waals surface area contributed by atoms with E-state index in [1.165, 1.54) is 70.5 Å². The van der Waals surface area contributed by atoms with Crippen molar-refractivity contribution in [3.63, 3.8) is 0 Å². The van der Waals surface area contributed by atoms with E-state index in [4.69, 9.17) is 4.74 Å². The van der Waals surface area contributed by atoms with Crippen molar-refractivity contribution in [1.29, 1.82) is 0 Å². The second-order valence-corrected chi connectivity index (χ2v) is 9.41. The van der Waals surface area contributed by atoms with Gasteiger partial charge in [0.1, 0.15) is 11.4 Å². The van der Waals surface area contributed by atoms with Crippen LogP contribution < -0.4 is 15.4 Å². The molecule has 1 saturated carbocycles. The van der Waals surface area contributed by atoms with Crippen LogP contribution in [0.1, 0.15) is 63.5 Å².